The third-order valence-electron chi connectivity index (χ3n) is 1.51. The zero-order valence-electron chi connectivity index (χ0n) is 8.40. The molecule has 0 aromatic heterocycles. The molecule has 0 fully saturated rings. The van der Waals surface area contributed by atoms with Gasteiger partial charge in [0.2, 0.25) is 0 Å². The maximum atomic E-state index is 10.3. The van der Waals surface area contributed by atoms with Crippen LogP contribution in [-0.2, 0) is 19.3 Å². The molecular weight excluding hydrogens is 296 g/mol. The fraction of sp³-hybridized carbons (Fsp3) is 1.00. The van der Waals surface area contributed by atoms with Crippen molar-refractivity contribution in [3.05, 3.63) is 0 Å². The Kier molecular flexibility index (Phi) is 8.02. The highest BCUT2D eigenvalue weighted by Gasteiger charge is 2.05. The molecule has 0 aliphatic carbocycles. The van der Waals surface area contributed by atoms with Crippen molar-refractivity contribution in [1.29, 1.82) is 0 Å². The van der Waals surface area contributed by atoms with Crippen LogP contribution >= 0.6 is 20.6 Å². The van der Waals surface area contributed by atoms with Crippen molar-refractivity contribution in [2.45, 2.75) is 25.7 Å². The third-order valence-corrected chi connectivity index (χ3v) is 6.76. The molecule has 0 radical (unpaired) electrons. The third kappa shape index (κ3) is 14.5. The van der Waals surface area contributed by atoms with E-state index in [2.05, 4.69) is 0 Å². The Labute approximate surface area is 103 Å². The first-order valence-corrected chi connectivity index (χ1v) is 10.3. The van der Waals surface area contributed by atoms with Crippen LogP contribution in [-0.4, -0.2) is 37.4 Å². The molecule has 0 amide bonds. The maximum Gasteiger partial charge on any atom is 0.329 e. The highest BCUT2D eigenvalue weighted by atomic mass is 33.5. The van der Waals surface area contributed by atoms with E-state index in [9.17, 15) is 16.8 Å². The summed E-state index contributed by atoms with van der Waals surface area (Å²) in [5, 5.41) is 0. The molecule has 2 N–H and O–H groups in total. The van der Waals surface area contributed by atoms with Gasteiger partial charge in [0.05, 0.1) is 15.6 Å². The topological polar surface area (TPSA) is 109 Å². The summed E-state index contributed by atoms with van der Waals surface area (Å²) in [6.45, 7) is 0. The Morgan fingerprint density at radius 2 is 1.44 bits per heavy atom. The lowest BCUT2D eigenvalue weighted by Gasteiger charge is -1.99. The van der Waals surface area contributed by atoms with Crippen molar-refractivity contribution in [2.75, 3.05) is 11.5 Å². The number of rotatable bonds is 9. The Balaban J connectivity index is 3.29. The van der Waals surface area contributed by atoms with E-state index < -0.39 is 19.3 Å². The summed E-state index contributed by atoms with van der Waals surface area (Å²) in [4.78, 5) is 0. The van der Waals surface area contributed by atoms with E-state index in [4.69, 9.17) is 9.11 Å². The van der Waals surface area contributed by atoms with E-state index in [1.54, 1.807) is 0 Å². The van der Waals surface area contributed by atoms with Gasteiger partial charge < -0.3 is 0 Å². The monoisotopic (exact) mass is 310 g/mol. The fourth-order valence-electron chi connectivity index (χ4n) is 0.894. The molecule has 6 nitrogen and oxygen atoms in total. The van der Waals surface area contributed by atoms with E-state index in [-0.39, 0.29) is 5.75 Å². The molecule has 0 aliphatic heterocycles. The van der Waals surface area contributed by atoms with Gasteiger partial charge in [0.1, 0.15) is 0 Å². The lowest BCUT2D eigenvalue weighted by atomic mass is 10.2. The number of hydrogen-bond donors (Lipinski definition) is 2. The Morgan fingerprint density at radius 3 is 1.94 bits per heavy atom. The smallest absolute Gasteiger partial charge is 0.286 e. The molecule has 0 saturated heterocycles. The van der Waals surface area contributed by atoms with Crippen molar-refractivity contribution in [1.82, 2.24) is 0 Å². The van der Waals surface area contributed by atoms with E-state index >= 15 is 0 Å². The molecule has 0 bridgehead atoms. The van der Waals surface area contributed by atoms with Crippen LogP contribution in [0.2, 0.25) is 0 Å². The van der Waals surface area contributed by atoms with Crippen molar-refractivity contribution in [3.63, 3.8) is 0 Å². The van der Waals surface area contributed by atoms with Crippen LogP contribution in [0.4, 0.5) is 0 Å². The van der Waals surface area contributed by atoms with Crippen LogP contribution in [0.5, 0.6) is 0 Å². The van der Waals surface area contributed by atoms with Gasteiger partial charge in [0, 0.05) is 5.75 Å². The highest BCUT2D eigenvalue weighted by Crippen LogP contribution is 2.27. The molecule has 0 heterocycles. The molecule has 10 heteroatoms. The van der Waals surface area contributed by atoms with Gasteiger partial charge in [-0.3, -0.25) is 9.11 Å². The van der Waals surface area contributed by atoms with Crippen LogP contribution in [0.3, 0.4) is 0 Å². The molecular formula is C6H14O6S4. The molecule has 0 aliphatic rings. The number of unbranched alkanes of at least 4 members (excludes halogenated alkanes) is 3. The molecule has 0 atom stereocenters. The Bertz CT molecular complexity index is 334. The second kappa shape index (κ2) is 7.77. The molecule has 0 unspecified atom stereocenters. The van der Waals surface area contributed by atoms with Crippen molar-refractivity contribution >= 4 is 39.9 Å². The first-order valence-electron chi connectivity index (χ1n) is 4.44. The van der Waals surface area contributed by atoms with Gasteiger partial charge in [-0.05, 0) is 12.8 Å². The SMILES string of the molecule is O=S(=O)(O)CCCCCCSSS(=O)(=O)O. The zero-order chi connectivity index (χ0) is 12.7. The second-order valence-corrected chi connectivity index (χ2v) is 9.83. The molecule has 98 valence electrons. The van der Waals surface area contributed by atoms with E-state index in [0.717, 1.165) is 23.6 Å². The van der Waals surface area contributed by atoms with Gasteiger partial charge >= 0.3 is 9.15 Å². The normalized spacial score (nSPS) is 12.9. The van der Waals surface area contributed by atoms with E-state index in [1.165, 1.54) is 0 Å². The zero-order valence-corrected chi connectivity index (χ0v) is 11.7. The Hall–Kier alpha value is 0.520. The van der Waals surface area contributed by atoms with Gasteiger partial charge in [-0.2, -0.15) is 16.8 Å². The minimum atomic E-state index is -3.97. The summed E-state index contributed by atoms with van der Waals surface area (Å²) in [6, 6.07) is 0. The first-order chi connectivity index (χ1) is 7.21. The summed E-state index contributed by atoms with van der Waals surface area (Å²) < 4.78 is 58.0. The van der Waals surface area contributed by atoms with Gasteiger partial charge in [-0.25, -0.2) is 0 Å². The number of hydrogen-bond acceptors (Lipinski definition) is 6. The van der Waals surface area contributed by atoms with Gasteiger partial charge in [0.25, 0.3) is 10.1 Å². The van der Waals surface area contributed by atoms with Gasteiger partial charge in [-0.15, -0.1) is 0 Å². The largest absolute Gasteiger partial charge is 0.329 e. The molecule has 16 heavy (non-hydrogen) atoms. The van der Waals surface area contributed by atoms with Gasteiger partial charge in [-0.1, -0.05) is 23.6 Å². The lowest BCUT2D eigenvalue weighted by molar-refractivity contribution is 0.479. The molecule has 0 aromatic rings. The van der Waals surface area contributed by atoms with Crippen molar-refractivity contribution in [2.24, 2.45) is 0 Å². The van der Waals surface area contributed by atoms with Crippen LogP contribution in [0.25, 0.3) is 0 Å². The van der Waals surface area contributed by atoms with Crippen LogP contribution in [0.1, 0.15) is 25.7 Å². The predicted molar refractivity (Wildman–Crippen MR) is 66.5 cm³/mol. The summed E-state index contributed by atoms with van der Waals surface area (Å²) in [6.07, 6.45) is 2.55. The quantitative estimate of drug-likeness (QED) is 0.375. The average Bonchev–Trinajstić information content (AvgIpc) is 2.06. The van der Waals surface area contributed by atoms with Crippen molar-refractivity contribution in [3.8, 4) is 0 Å². The summed E-state index contributed by atoms with van der Waals surface area (Å²) in [7, 11) is -6.39. The van der Waals surface area contributed by atoms with Crippen molar-refractivity contribution < 1.29 is 25.9 Å². The van der Waals surface area contributed by atoms with E-state index in [0.29, 0.717) is 28.4 Å². The minimum Gasteiger partial charge on any atom is -0.286 e. The summed E-state index contributed by atoms with van der Waals surface area (Å²) in [5.41, 5.74) is 0. The molecule has 0 rings (SSSR count). The minimum absolute atomic E-state index is 0.236. The maximum absolute atomic E-state index is 10.3. The fourth-order valence-corrected chi connectivity index (χ4v) is 4.60. The van der Waals surface area contributed by atoms with E-state index in [1.807, 2.05) is 0 Å². The Morgan fingerprint density at radius 1 is 0.875 bits per heavy atom. The second-order valence-electron chi connectivity index (χ2n) is 3.02. The first kappa shape index (κ1) is 16.5. The lowest BCUT2D eigenvalue weighted by Crippen LogP contribution is -2.03. The van der Waals surface area contributed by atoms with Crippen LogP contribution in [0.15, 0.2) is 0 Å². The summed E-state index contributed by atoms with van der Waals surface area (Å²) >= 11 is 0. The highest BCUT2D eigenvalue weighted by molar-refractivity contribution is 9.05. The molecule has 0 spiro atoms. The standard InChI is InChI=1S/C6H14O6S4/c7-15(8,9)6-4-2-1-3-5-13-14-16(10,11)12/h1-6H2,(H,7,8,9)(H,10,11,12). The molecule has 0 aromatic carbocycles. The molecule has 0 saturated carbocycles. The van der Waals surface area contributed by atoms with Crippen LogP contribution < -0.4 is 0 Å². The average molecular weight is 310 g/mol. The van der Waals surface area contributed by atoms with Gasteiger partial charge in [0.15, 0.2) is 0 Å². The van der Waals surface area contributed by atoms with Crippen LogP contribution in [0, 0.1) is 0 Å². The predicted octanol–water partition coefficient (Wildman–Crippen LogP) is 1.62. The summed E-state index contributed by atoms with van der Waals surface area (Å²) in [5.74, 6) is 0.330.